The molecule has 0 saturated heterocycles. The highest BCUT2D eigenvalue weighted by Crippen LogP contribution is 2.14. The van der Waals surface area contributed by atoms with Gasteiger partial charge in [0.1, 0.15) is 17.1 Å². The second-order valence-electron chi connectivity index (χ2n) is 4.50. The van der Waals surface area contributed by atoms with Gasteiger partial charge in [-0.15, -0.1) is 0 Å². The molecule has 2 heterocycles. The molecule has 2 aromatic rings. The largest absolute Gasteiger partial charge is 0.478 e. The first-order valence-electron chi connectivity index (χ1n) is 6.34. The van der Waals surface area contributed by atoms with Gasteiger partial charge >= 0.3 is 5.97 Å². The lowest BCUT2D eigenvalue weighted by atomic mass is 10.2. The van der Waals surface area contributed by atoms with Gasteiger partial charge in [-0.2, -0.15) is 4.98 Å². The molecule has 0 radical (unpaired) electrons. The van der Waals surface area contributed by atoms with Gasteiger partial charge in [-0.05, 0) is 19.9 Å². The van der Waals surface area contributed by atoms with Crippen molar-refractivity contribution in [3.63, 3.8) is 0 Å². The zero-order chi connectivity index (χ0) is 15.4. The lowest BCUT2D eigenvalue weighted by Gasteiger charge is -2.01. The fourth-order valence-electron chi connectivity index (χ4n) is 1.78. The maximum Gasteiger partial charge on any atom is 0.339 e. The number of nitrogens with zero attached hydrogens (tertiary/aromatic N) is 2. The number of hydrogen-bond acceptors (Lipinski definition) is 6. The molecule has 0 aromatic carbocycles. The highest BCUT2D eigenvalue weighted by Gasteiger charge is 2.14. The third-order valence-corrected chi connectivity index (χ3v) is 2.79. The van der Waals surface area contributed by atoms with Crippen molar-refractivity contribution in [2.24, 2.45) is 0 Å². The molecule has 0 spiro atoms. The fourth-order valence-corrected chi connectivity index (χ4v) is 1.78. The fraction of sp³-hybridized carbons (Fsp3) is 0.385. The van der Waals surface area contributed by atoms with Crippen molar-refractivity contribution in [2.75, 3.05) is 0 Å². The summed E-state index contributed by atoms with van der Waals surface area (Å²) in [6.07, 6.45) is 0.553. The average molecular weight is 293 g/mol. The predicted octanol–water partition coefficient (Wildman–Crippen LogP) is 1.23. The van der Waals surface area contributed by atoms with E-state index in [2.05, 4.69) is 15.5 Å². The number of carbonyl (C=O) groups excluding carboxylic acids is 1. The third kappa shape index (κ3) is 3.91. The lowest BCUT2D eigenvalue weighted by Crippen LogP contribution is -2.22. The van der Waals surface area contributed by atoms with E-state index >= 15 is 0 Å². The molecule has 2 N–H and O–H groups in total. The Morgan fingerprint density at radius 2 is 2.14 bits per heavy atom. The first-order chi connectivity index (χ1) is 9.95. The van der Waals surface area contributed by atoms with E-state index in [1.807, 2.05) is 0 Å². The number of nitrogens with one attached hydrogen (secondary N) is 1. The Morgan fingerprint density at radius 1 is 1.38 bits per heavy atom. The summed E-state index contributed by atoms with van der Waals surface area (Å²) in [7, 11) is 0. The number of amides is 1. The first-order valence-corrected chi connectivity index (χ1v) is 6.34. The van der Waals surface area contributed by atoms with Crippen LogP contribution >= 0.6 is 0 Å². The Bertz CT molecular complexity index is 659. The molecule has 2 rings (SSSR count). The third-order valence-electron chi connectivity index (χ3n) is 2.79. The van der Waals surface area contributed by atoms with E-state index in [-0.39, 0.29) is 24.4 Å². The molecule has 0 aliphatic carbocycles. The summed E-state index contributed by atoms with van der Waals surface area (Å²) in [5.74, 6) is 0.375. The van der Waals surface area contributed by atoms with Crippen LogP contribution in [0, 0.1) is 13.8 Å². The van der Waals surface area contributed by atoms with Gasteiger partial charge in [0, 0.05) is 12.8 Å². The van der Waals surface area contributed by atoms with Crippen molar-refractivity contribution in [1.82, 2.24) is 15.5 Å². The minimum Gasteiger partial charge on any atom is -0.478 e. The van der Waals surface area contributed by atoms with Crippen molar-refractivity contribution < 1.29 is 23.6 Å². The zero-order valence-corrected chi connectivity index (χ0v) is 11.7. The molecular weight excluding hydrogens is 278 g/mol. The Hall–Kier alpha value is -2.64. The van der Waals surface area contributed by atoms with E-state index in [1.54, 1.807) is 13.8 Å². The van der Waals surface area contributed by atoms with E-state index < -0.39 is 5.97 Å². The molecule has 8 nitrogen and oxygen atoms in total. The molecule has 1 amide bonds. The summed E-state index contributed by atoms with van der Waals surface area (Å²) in [6.45, 7) is 3.40. The summed E-state index contributed by atoms with van der Waals surface area (Å²) in [5.41, 5.74) is 0.0978. The number of aromatic nitrogens is 2. The molecular formula is C13H15N3O5. The summed E-state index contributed by atoms with van der Waals surface area (Å²) >= 11 is 0. The van der Waals surface area contributed by atoms with Crippen LogP contribution in [0.15, 0.2) is 15.0 Å². The summed E-state index contributed by atoms with van der Waals surface area (Å²) in [4.78, 5) is 26.5. The molecule has 0 fully saturated rings. The summed E-state index contributed by atoms with van der Waals surface area (Å²) in [6, 6.07) is 1.40. The van der Waals surface area contributed by atoms with Gasteiger partial charge < -0.3 is 19.4 Å². The number of furan rings is 1. The molecule has 0 atom stereocenters. The van der Waals surface area contributed by atoms with E-state index in [1.165, 1.54) is 6.07 Å². The Balaban J connectivity index is 1.81. The monoisotopic (exact) mass is 293 g/mol. The predicted molar refractivity (Wildman–Crippen MR) is 69.6 cm³/mol. The van der Waals surface area contributed by atoms with Crippen LogP contribution in [0.2, 0.25) is 0 Å². The first kappa shape index (κ1) is 14.8. The number of hydrogen-bond donors (Lipinski definition) is 2. The highest BCUT2D eigenvalue weighted by molar-refractivity contribution is 5.88. The molecule has 0 aliphatic heterocycles. The van der Waals surface area contributed by atoms with Crippen molar-refractivity contribution in [1.29, 1.82) is 0 Å². The minimum absolute atomic E-state index is 0.0978. The highest BCUT2D eigenvalue weighted by atomic mass is 16.5. The van der Waals surface area contributed by atoms with Gasteiger partial charge in [-0.25, -0.2) is 4.79 Å². The molecule has 0 saturated carbocycles. The van der Waals surface area contributed by atoms with E-state index in [9.17, 15) is 9.59 Å². The smallest absolute Gasteiger partial charge is 0.339 e. The van der Waals surface area contributed by atoms with Crippen LogP contribution in [0.4, 0.5) is 0 Å². The number of aryl methyl sites for hydroxylation is 3. The second kappa shape index (κ2) is 6.21. The quantitative estimate of drug-likeness (QED) is 0.822. The Kier molecular flexibility index (Phi) is 4.36. The van der Waals surface area contributed by atoms with Gasteiger partial charge in [-0.3, -0.25) is 4.79 Å². The molecule has 0 bridgehead atoms. The van der Waals surface area contributed by atoms with Crippen LogP contribution in [0.5, 0.6) is 0 Å². The van der Waals surface area contributed by atoms with E-state index in [4.69, 9.17) is 14.0 Å². The average Bonchev–Trinajstić information content (AvgIpc) is 3.00. The minimum atomic E-state index is -1.06. The molecule has 0 aliphatic rings. The van der Waals surface area contributed by atoms with Crippen LogP contribution in [0.1, 0.15) is 40.0 Å². The van der Waals surface area contributed by atoms with Crippen molar-refractivity contribution in [3.05, 3.63) is 34.9 Å². The second-order valence-corrected chi connectivity index (χ2v) is 4.50. The summed E-state index contributed by atoms with van der Waals surface area (Å²) in [5, 5.41) is 15.2. The zero-order valence-electron chi connectivity index (χ0n) is 11.7. The SMILES string of the molecule is Cc1noc(CCC(=O)NCc2cc(C(=O)O)c(C)o2)n1. The number of aromatic carboxylic acids is 1. The maximum absolute atomic E-state index is 11.7. The van der Waals surface area contributed by atoms with Gasteiger partial charge in [0.2, 0.25) is 11.8 Å². The Morgan fingerprint density at radius 3 is 2.71 bits per heavy atom. The number of carboxylic acid groups (broad SMARTS) is 1. The normalized spacial score (nSPS) is 10.6. The van der Waals surface area contributed by atoms with Crippen molar-refractivity contribution in [3.8, 4) is 0 Å². The number of carboxylic acids is 1. The molecule has 112 valence electrons. The van der Waals surface area contributed by atoms with Crippen molar-refractivity contribution >= 4 is 11.9 Å². The standard InChI is InChI=1S/C13H15N3O5/c1-7-10(13(18)19)5-9(20-7)6-14-11(17)3-4-12-15-8(2)16-21-12/h5H,3-4,6H2,1-2H3,(H,14,17)(H,18,19). The Labute approximate surface area is 120 Å². The van der Waals surface area contributed by atoms with Crippen LogP contribution in [-0.2, 0) is 17.8 Å². The lowest BCUT2D eigenvalue weighted by molar-refractivity contribution is -0.121. The molecule has 21 heavy (non-hydrogen) atoms. The number of carbonyl (C=O) groups is 2. The number of rotatable bonds is 6. The maximum atomic E-state index is 11.7. The van der Waals surface area contributed by atoms with Crippen LogP contribution < -0.4 is 5.32 Å². The van der Waals surface area contributed by atoms with E-state index in [0.29, 0.717) is 29.7 Å². The van der Waals surface area contributed by atoms with Gasteiger partial charge in [0.05, 0.1) is 6.54 Å². The van der Waals surface area contributed by atoms with Gasteiger partial charge in [0.25, 0.3) is 0 Å². The molecule has 0 unspecified atom stereocenters. The molecule has 8 heteroatoms. The summed E-state index contributed by atoms with van der Waals surface area (Å²) < 4.78 is 10.2. The van der Waals surface area contributed by atoms with Crippen LogP contribution in [0.25, 0.3) is 0 Å². The topological polar surface area (TPSA) is 118 Å². The van der Waals surface area contributed by atoms with Crippen LogP contribution in [-0.4, -0.2) is 27.1 Å². The van der Waals surface area contributed by atoms with E-state index in [0.717, 1.165) is 0 Å². The van der Waals surface area contributed by atoms with Crippen molar-refractivity contribution in [2.45, 2.75) is 33.2 Å². The van der Waals surface area contributed by atoms with Crippen LogP contribution in [0.3, 0.4) is 0 Å². The van der Waals surface area contributed by atoms with Gasteiger partial charge in [0.15, 0.2) is 5.82 Å². The van der Waals surface area contributed by atoms with Gasteiger partial charge in [-0.1, -0.05) is 5.16 Å². The molecule has 2 aromatic heterocycles.